The molecule has 4 aromatic heterocycles. The fourth-order valence-electron chi connectivity index (χ4n) is 10.1. The largest absolute Gasteiger partial charge is 0.456 e. The Morgan fingerprint density at radius 1 is 0.323 bits per heavy atom. The molecule has 0 atom stereocenters. The van der Waals surface area contributed by atoms with Crippen molar-refractivity contribution in [3.8, 4) is 51.0 Å². The first kappa shape index (κ1) is 35.7. The van der Waals surface area contributed by atoms with Crippen LogP contribution in [0.3, 0.4) is 0 Å². The summed E-state index contributed by atoms with van der Waals surface area (Å²) in [7, 11) is 0. The first-order valence-electron chi connectivity index (χ1n) is 21.8. The standard InChI is InChI=1S/C59H34N4O2/c1-2-14-37(15-3-1)57-60-58(62-59(61-57)40-24-28-46-45-20-8-9-23-50(45)65-53(46)34-40)39-16-10-17-41(32-39)63-49-29-25-35-12-4-6-18-42(35)54(49)47-22-11-21-44(56(47)63)38-27-30-51-48(33-38)55-43-19-7-5-13-36(43)26-31-52(55)64-51/h1-34H. The van der Waals surface area contributed by atoms with Crippen LogP contribution in [-0.4, -0.2) is 19.5 Å². The van der Waals surface area contributed by atoms with Crippen molar-refractivity contribution in [1.29, 1.82) is 0 Å². The second kappa shape index (κ2) is 13.8. The second-order valence-electron chi connectivity index (χ2n) is 16.7. The minimum Gasteiger partial charge on any atom is -0.456 e. The number of hydrogen-bond acceptors (Lipinski definition) is 5. The summed E-state index contributed by atoms with van der Waals surface area (Å²) >= 11 is 0. The third-order valence-corrected chi connectivity index (χ3v) is 13.0. The molecule has 10 aromatic carbocycles. The lowest BCUT2D eigenvalue weighted by Gasteiger charge is -2.14. The van der Waals surface area contributed by atoms with Gasteiger partial charge in [-0.2, -0.15) is 0 Å². The zero-order valence-electron chi connectivity index (χ0n) is 34.7. The number of fused-ring (bicyclic) bond motifs is 13. The number of furan rings is 2. The average molecular weight is 831 g/mol. The molecule has 0 saturated heterocycles. The number of rotatable bonds is 5. The average Bonchev–Trinajstić information content (AvgIpc) is 4.06. The summed E-state index contributed by atoms with van der Waals surface area (Å²) in [6, 6.07) is 72.3. The van der Waals surface area contributed by atoms with Gasteiger partial charge in [0.25, 0.3) is 0 Å². The predicted octanol–water partition coefficient (Wildman–Crippen LogP) is 15.7. The highest BCUT2D eigenvalue weighted by atomic mass is 16.3. The summed E-state index contributed by atoms with van der Waals surface area (Å²) in [4.78, 5) is 15.4. The molecule has 0 fully saturated rings. The van der Waals surface area contributed by atoms with E-state index in [1.54, 1.807) is 0 Å². The monoisotopic (exact) mass is 830 g/mol. The van der Waals surface area contributed by atoms with E-state index in [2.05, 4.69) is 156 Å². The summed E-state index contributed by atoms with van der Waals surface area (Å²) in [5.41, 5.74) is 11.5. The van der Waals surface area contributed by atoms with Crippen LogP contribution in [0.1, 0.15) is 0 Å². The number of hydrogen-bond donors (Lipinski definition) is 0. The molecule has 0 saturated carbocycles. The van der Waals surface area contributed by atoms with Gasteiger partial charge in [0.1, 0.15) is 22.3 Å². The molecular weight excluding hydrogens is 797 g/mol. The summed E-state index contributed by atoms with van der Waals surface area (Å²) in [5.74, 6) is 1.75. The highest BCUT2D eigenvalue weighted by molar-refractivity contribution is 6.24. The number of nitrogens with zero attached hydrogens (tertiary/aromatic N) is 4. The lowest BCUT2D eigenvalue weighted by Crippen LogP contribution is -2.01. The highest BCUT2D eigenvalue weighted by Crippen LogP contribution is 2.44. The molecule has 0 spiro atoms. The molecule has 6 heteroatoms. The van der Waals surface area contributed by atoms with Crippen LogP contribution in [0.5, 0.6) is 0 Å². The van der Waals surface area contributed by atoms with Crippen LogP contribution in [0.15, 0.2) is 215 Å². The molecule has 4 heterocycles. The van der Waals surface area contributed by atoms with Gasteiger partial charge < -0.3 is 13.4 Å². The first-order chi connectivity index (χ1) is 32.2. The first-order valence-corrected chi connectivity index (χ1v) is 21.8. The van der Waals surface area contributed by atoms with Crippen LogP contribution < -0.4 is 0 Å². The molecule has 0 aliphatic carbocycles. The van der Waals surface area contributed by atoms with E-state index in [1.807, 2.05) is 54.6 Å². The maximum Gasteiger partial charge on any atom is 0.164 e. The molecule has 65 heavy (non-hydrogen) atoms. The zero-order chi connectivity index (χ0) is 42.6. The summed E-state index contributed by atoms with van der Waals surface area (Å²) in [5, 5.41) is 11.5. The van der Waals surface area contributed by atoms with Crippen LogP contribution in [0.4, 0.5) is 0 Å². The van der Waals surface area contributed by atoms with E-state index in [0.29, 0.717) is 17.5 Å². The van der Waals surface area contributed by atoms with Gasteiger partial charge in [0.05, 0.1) is 11.0 Å². The SMILES string of the molecule is c1ccc(-c2nc(-c3cccc(-n4c5ccc6ccccc6c5c5cccc(-c6ccc7oc8ccc9ccccc9c8c7c6)c54)c3)nc(-c3ccc4c(c3)oc3ccccc34)n2)cc1. The van der Waals surface area contributed by atoms with Crippen molar-refractivity contribution < 1.29 is 8.83 Å². The maximum atomic E-state index is 6.46. The predicted molar refractivity (Wildman–Crippen MR) is 265 cm³/mol. The van der Waals surface area contributed by atoms with E-state index in [1.165, 1.54) is 32.3 Å². The highest BCUT2D eigenvalue weighted by Gasteiger charge is 2.21. The molecule has 6 nitrogen and oxygen atoms in total. The van der Waals surface area contributed by atoms with E-state index < -0.39 is 0 Å². The fraction of sp³-hybridized carbons (Fsp3) is 0. The van der Waals surface area contributed by atoms with Crippen LogP contribution in [0.25, 0.3) is 138 Å². The third-order valence-electron chi connectivity index (χ3n) is 13.0. The molecule has 302 valence electrons. The van der Waals surface area contributed by atoms with Crippen molar-refractivity contribution in [1.82, 2.24) is 19.5 Å². The van der Waals surface area contributed by atoms with Crippen LogP contribution in [0.2, 0.25) is 0 Å². The fourth-order valence-corrected chi connectivity index (χ4v) is 10.1. The number of benzene rings is 10. The smallest absolute Gasteiger partial charge is 0.164 e. The molecule has 0 bridgehead atoms. The molecule has 0 unspecified atom stereocenters. The Bertz CT molecular complexity index is 4250. The van der Waals surface area contributed by atoms with Crippen LogP contribution >= 0.6 is 0 Å². The van der Waals surface area contributed by atoms with E-state index in [0.717, 1.165) is 88.4 Å². The van der Waals surface area contributed by atoms with E-state index in [-0.39, 0.29) is 0 Å². The van der Waals surface area contributed by atoms with Crippen molar-refractivity contribution in [3.05, 3.63) is 206 Å². The van der Waals surface area contributed by atoms with Crippen molar-refractivity contribution >= 4 is 87.2 Å². The van der Waals surface area contributed by atoms with Gasteiger partial charge in [0, 0.05) is 60.3 Å². The minimum absolute atomic E-state index is 0.571. The second-order valence-corrected chi connectivity index (χ2v) is 16.7. The molecule has 0 N–H and O–H groups in total. The van der Waals surface area contributed by atoms with Gasteiger partial charge in [-0.25, -0.2) is 15.0 Å². The van der Waals surface area contributed by atoms with Gasteiger partial charge in [-0.1, -0.05) is 152 Å². The van der Waals surface area contributed by atoms with Crippen molar-refractivity contribution in [3.63, 3.8) is 0 Å². The minimum atomic E-state index is 0.571. The van der Waals surface area contributed by atoms with Gasteiger partial charge >= 0.3 is 0 Å². The van der Waals surface area contributed by atoms with Crippen LogP contribution in [-0.2, 0) is 0 Å². The van der Waals surface area contributed by atoms with Crippen LogP contribution in [0, 0.1) is 0 Å². The molecule has 0 amide bonds. The molecule has 14 aromatic rings. The number of aromatic nitrogens is 4. The Morgan fingerprint density at radius 3 is 1.74 bits per heavy atom. The van der Waals surface area contributed by atoms with Crippen molar-refractivity contribution in [2.45, 2.75) is 0 Å². The van der Waals surface area contributed by atoms with E-state index in [4.69, 9.17) is 23.8 Å². The molecule has 0 radical (unpaired) electrons. The lowest BCUT2D eigenvalue weighted by molar-refractivity contribution is 0.668. The van der Waals surface area contributed by atoms with Gasteiger partial charge in [0.2, 0.25) is 0 Å². The summed E-state index contributed by atoms with van der Waals surface area (Å²) in [6.07, 6.45) is 0. The zero-order valence-corrected chi connectivity index (χ0v) is 34.7. The Kier molecular flexibility index (Phi) is 7.59. The Labute approximate surface area is 371 Å². The maximum absolute atomic E-state index is 6.46. The van der Waals surface area contributed by atoms with Gasteiger partial charge in [-0.05, 0) is 81.7 Å². The normalized spacial score (nSPS) is 12.0. The van der Waals surface area contributed by atoms with Crippen molar-refractivity contribution in [2.24, 2.45) is 0 Å². The van der Waals surface area contributed by atoms with Gasteiger partial charge in [0.15, 0.2) is 17.5 Å². The Morgan fingerprint density at radius 2 is 0.908 bits per heavy atom. The van der Waals surface area contributed by atoms with Crippen molar-refractivity contribution in [2.75, 3.05) is 0 Å². The third kappa shape index (κ3) is 5.51. The molecule has 0 aliphatic heterocycles. The van der Waals surface area contributed by atoms with E-state index in [9.17, 15) is 0 Å². The Hall–Kier alpha value is -8.87. The quantitative estimate of drug-likeness (QED) is 0.173. The topological polar surface area (TPSA) is 69.9 Å². The summed E-state index contributed by atoms with van der Waals surface area (Å²) in [6.45, 7) is 0. The molecule has 0 aliphatic rings. The lowest BCUT2D eigenvalue weighted by atomic mass is 9.97. The number of para-hydroxylation sites is 2. The molecule has 14 rings (SSSR count). The van der Waals surface area contributed by atoms with Gasteiger partial charge in [-0.15, -0.1) is 0 Å². The molecular formula is C59H34N4O2. The van der Waals surface area contributed by atoms with Gasteiger partial charge in [-0.3, -0.25) is 0 Å². The Balaban J connectivity index is 0.996. The van der Waals surface area contributed by atoms with E-state index >= 15 is 0 Å². The summed E-state index contributed by atoms with van der Waals surface area (Å²) < 4.78 is 15.2.